The number of aryl methyl sites for hydroxylation is 2. The second-order valence-electron chi connectivity index (χ2n) is 7.02. The summed E-state index contributed by atoms with van der Waals surface area (Å²) in [5, 5.41) is 12.1. The molecule has 1 fully saturated rings. The molecule has 2 N–H and O–H groups in total. The fourth-order valence-electron chi connectivity index (χ4n) is 2.69. The zero-order valence-electron chi connectivity index (χ0n) is 13.7. The van der Waals surface area contributed by atoms with Crippen molar-refractivity contribution in [1.29, 1.82) is 0 Å². The van der Waals surface area contributed by atoms with Crippen LogP contribution in [0.4, 0.5) is 4.79 Å². The van der Waals surface area contributed by atoms with E-state index in [0.717, 1.165) is 16.7 Å². The van der Waals surface area contributed by atoms with Gasteiger partial charge in [0.15, 0.2) is 0 Å². The third-order valence-electron chi connectivity index (χ3n) is 3.88. The number of benzene rings is 1. The highest BCUT2D eigenvalue weighted by molar-refractivity contribution is 5.90. The highest BCUT2D eigenvalue weighted by Gasteiger charge is 2.63. The fourth-order valence-corrected chi connectivity index (χ4v) is 2.69. The molecule has 1 aromatic rings. The van der Waals surface area contributed by atoms with Crippen LogP contribution in [-0.4, -0.2) is 28.3 Å². The van der Waals surface area contributed by atoms with Crippen LogP contribution < -0.4 is 5.32 Å². The van der Waals surface area contributed by atoms with Gasteiger partial charge < -0.3 is 15.2 Å². The van der Waals surface area contributed by atoms with Gasteiger partial charge in [-0.25, -0.2) is 9.59 Å². The molecule has 1 aliphatic carbocycles. The quantitative estimate of drug-likeness (QED) is 0.899. The van der Waals surface area contributed by atoms with Crippen molar-refractivity contribution in [1.82, 2.24) is 5.32 Å². The minimum absolute atomic E-state index is 0.225. The van der Waals surface area contributed by atoms with Gasteiger partial charge in [-0.15, -0.1) is 0 Å². The summed E-state index contributed by atoms with van der Waals surface area (Å²) in [5.41, 5.74) is 1.15. The Morgan fingerprint density at radius 2 is 1.95 bits per heavy atom. The smallest absolute Gasteiger partial charge is 0.408 e. The number of rotatable bonds is 3. The van der Waals surface area contributed by atoms with Crippen molar-refractivity contribution < 1.29 is 19.4 Å². The van der Waals surface area contributed by atoms with E-state index < -0.39 is 23.2 Å². The van der Waals surface area contributed by atoms with Crippen molar-refractivity contribution in [2.45, 2.75) is 58.1 Å². The molecule has 1 aliphatic rings. The Morgan fingerprint density at radius 1 is 1.32 bits per heavy atom. The van der Waals surface area contributed by atoms with Gasteiger partial charge in [-0.2, -0.15) is 0 Å². The van der Waals surface area contributed by atoms with E-state index in [-0.39, 0.29) is 5.92 Å². The average Bonchev–Trinajstić information content (AvgIpc) is 3.05. The van der Waals surface area contributed by atoms with Crippen molar-refractivity contribution >= 4 is 12.1 Å². The molecule has 5 heteroatoms. The molecular weight excluding hydrogens is 282 g/mol. The molecule has 2 rings (SSSR count). The number of hydrogen-bond donors (Lipinski definition) is 2. The molecule has 1 aromatic carbocycles. The number of aliphatic carboxylic acids is 1. The second kappa shape index (κ2) is 5.30. The lowest BCUT2D eigenvalue weighted by Gasteiger charge is -2.22. The zero-order chi connectivity index (χ0) is 16.7. The van der Waals surface area contributed by atoms with Crippen LogP contribution in [0.5, 0.6) is 0 Å². The minimum Gasteiger partial charge on any atom is -0.479 e. The number of hydrogen-bond acceptors (Lipinski definition) is 3. The summed E-state index contributed by atoms with van der Waals surface area (Å²) < 4.78 is 5.19. The third kappa shape index (κ3) is 3.24. The molecule has 2 atom stereocenters. The van der Waals surface area contributed by atoms with E-state index in [0.29, 0.717) is 6.42 Å². The molecule has 120 valence electrons. The summed E-state index contributed by atoms with van der Waals surface area (Å²) in [4.78, 5) is 23.6. The summed E-state index contributed by atoms with van der Waals surface area (Å²) in [6, 6.07) is 5.95. The van der Waals surface area contributed by atoms with Crippen LogP contribution in [0.2, 0.25) is 0 Å². The van der Waals surface area contributed by atoms with Crippen molar-refractivity contribution in [2.24, 2.45) is 0 Å². The lowest BCUT2D eigenvalue weighted by molar-refractivity contribution is -0.140. The molecule has 1 amide bonds. The van der Waals surface area contributed by atoms with E-state index in [9.17, 15) is 14.7 Å². The number of ether oxygens (including phenoxy) is 1. The Labute approximate surface area is 130 Å². The van der Waals surface area contributed by atoms with Crippen LogP contribution in [0.25, 0.3) is 0 Å². The number of amides is 1. The highest BCUT2D eigenvalue weighted by Crippen LogP contribution is 2.52. The largest absolute Gasteiger partial charge is 0.479 e. The van der Waals surface area contributed by atoms with Gasteiger partial charge in [-0.3, -0.25) is 0 Å². The van der Waals surface area contributed by atoms with Crippen LogP contribution in [0.15, 0.2) is 18.2 Å². The van der Waals surface area contributed by atoms with Crippen molar-refractivity contribution in [3.05, 3.63) is 34.9 Å². The summed E-state index contributed by atoms with van der Waals surface area (Å²) in [5.74, 6) is -1.25. The number of carbonyl (C=O) groups is 2. The van der Waals surface area contributed by atoms with Gasteiger partial charge in [0.1, 0.15) is 11.1 Å². The first-order chi connectivity index (χ1) is 10.0. The summed E-state index contributed by atoms with van der Waals surface area (Å²) in [7, 11) is 0. The Balaban J connectivity index is 2.21. The summed E-state index contributed by atoms with van der Waals surface area (Å²) in [6.45, 7) is 9.15. The maximum absolute atomic E-state index is 12.0. The summed E-state index contributed by atoms with van der Waals surface area (Å²) >= 11 is 0. The molecule has 0 aliphatic heterocycles. The van der Waals surface area contributed by atoms with E-state index >= 15 is 0 Å². The zero-order valence-corrected chi connectivity index (χ0v) is 13.7. The molecule has 0 aromatic heterocycles. The molecule has 0 saturated heterocycles. The van der Waals surface area contributed by atoms with Gasteiger partial charge in [0.05, 0.1) is 0 Å². The van der Waals surface area contributed by atoms with Gasteiger partial charge >= 0.3 is 12.1 Å². The average molecular weight is 305 g/mol. The van der Waals surface area contributed by atoms with Crippen molar-refractivity contribution in [3.63, 3.8) is 0 Å². The molecule has 0 spiro atoms. The van der Waals surface area contributed by atoms with Gasteiger partial charge in [-0.1, -0.05) is 23.8 Å². The van der Waals surface area contributed by atoms with Gasteiger partial charge in [-0.05, 0) is 52.2 Å². The number of carboxylic acids is 1. The summed E-state index contributed by atoms with van der Waals surface area (Å²) in [6.07, 6.45) is -0.311. The third-order valence-corrected chi connectivity index (χ3v) is 3.88. The van der Waals surface area contributed by atoms with Crippen LogP contribution in [0, 0.1) is 13.8 Å². The van der Waals surface area contributed by atoms with Gasteiger partial charge in [0.25, 0.3) is 0 Å². The topological polar surface area (TPSA) is 75.6 Å². The first kappa shape index (κ1) is 16.3. The molecule has 0 bridgehead atoms. The molecule has 22 heavy (non-hydrogen) atoms. The molecule has 2 unspecified atom stereocenters. The normalized spacial score (nSPS) is 23.8. The molecule has 5 nitrogen and oxygen atoms in total. The standard InChI is InChI=1S/C17H23NO4/c1-10-6-7-11(2)12(8-10)13-9-17(13,14(19)20)18-15(21)22-16(3,4)5/h6-8,13H,9H2,1-5H3,(H,18,21)(H,19,20). The Hall–Kier alpha value is -2.04. The highest BCUT2D eigenvalue weighted by atomic mass is 16.6. The predicted octanol–water partition coefficient (Wildman–Crippen LogP) is 3.14. The first-order valence-corrected chi connectivity index (χ1v) is 7.37. The number of alkyl carbamates (subject to hydrolysis) is 1. The number of carboxylic acid groups (broad SMARTS) is 1. The maximum atomic E-state index is 12.0. The Bertz CT molecular complexity index is 618. The monoisotopic (exact) mass is 305 g/mol. The van der Waals surface area contributed by atoms with Crippen LogP contribution in [0.3, 0.4) is 0 Å². The maximum Gasteiger partial charge on any atom is 0.408 e. The van der Waals surface area contributed by atoms with Crippen LogP contribution in [0.1, 0.15) is 49.8 Å². The van der Waals surface area contributed by atoms with Crippen LogP contribution >= 0.6 is 0 Å². The lowest BCUT2D eigenvalue weighted by atomic mass is 9.99. The van der Waals surface area contributed by atoms with Gasteiger partial charge in [0.2, 0.25) is 0 Å². The van der Waals surface area contributed by atoms with Crippen molar-refractivity contribution in [2.75, 3.05) is 0 Å². The number of nitrogens with one attached hydrogen (secondary N) is 1. The fraction of sp³-hybridized carbons (Fsp3) is 0.529. The molecule has 1 saturated carbocycles. The second-order valence-corrected chi connectivity index (χ2v) is 7.02. The van der Waals surface area contributed by atoms with E-state index in [2.05, 4.69) is 5.32 Å². The van der Waals surface area contributed by atoms with E-state index in [1.54, 1.807) is 20.8 Å². The Kier molecular flexibility index (Phi) is 3.94. The number of carbonyl (C=O) groups excluding carboxylic acids is 1. The van der Waals surface area contributed by atoms with E-state index in [1.807, 2.05) is 32.0 Å². The SMILES string of the molecule is Cc1ccc(C)c(C2CC2(NC(=O)OC(C)(C)C)C(=O)O)c1. The first-order valence-electron chi connectivity index (χ1n) is 7.37. The molecule has 0 heterocycles. The predicted molar refractivity (Wildman–Crippen MR) is 83.0 cm³/mol. The minimum atomic E-state index is -1.26. The van der Waals surface area contributed by atoms with E-state index in [1.165, 1.54) is 0 Å². The van der Waals surface area contributed by atoms with Crippen molar-refractivity contribution in [3.8, 4) is 0 Å². The van der Waals surface area contributed by atoms with E-state index in [4.69, 9.17) is 4.74 Å². The van der Waals surface area contributed by atoms with Crippen LogP contribution in [-0.2, 0) is 9.53 Å². The molecular formula is C17H23NO4. The van der Waals surface area contributed by atoms with Gasteiger partial charge in [0, 0.05) is 5.92 Å². The lowest BCUT2D eigenvalue weighted by Crippen LogP contribution is -2.46. The molecule has 0 radical (unpaired) electrons. The Morgan fingerprint density at radius 3 is 2.50 bits per heavy atom.